The summed E-state index contributed by atoms with van der Waals surface area (Å²) >= 11 is 0. The molecular formula is C18H26N6. The van der Waals surface area contributed by atoms with E-state index in [1.807, 2.05) is 18.6 Å². The van der Waals surface area contributed by atoms with Crippen LogP contribution in [-0.2, 0) is 19.6 Å². The fourth-order valence-electron chi connectivity index (χ4n) is 4.19. The predicted octanol–water partition coefficient (Wildman–Crippen LogP) is 1.84. The third-order valence-electron chi connectivity index (χ3n) is 5.67. The Balaban J connectivity index is 1.53. The van der Waals surface area contributed by atoms with E-state index < -0.39 is 0 Å². The number of nitrogens with zero attached hydrogens (tertiary/aromatic N) is 5. The Morgan fingerprint density at radius 3 is 2.79 bits per heavy atom. The zero-order chi connectivity index (χ0) is 16.4. The average molecular weight is 326 g/mol. The lowest BCUT2D eigenvalue weighted by atomic mass is 9.93. The van der Waals surface area contributed by atoms with Crippen LogP contribution in [0.5, 0.6) is 0 Å². The van der Waals surface area contributed by atoms with Gasteiger partial charge in [-0.2, -0.15) is 0 Å². The van der Waals surface area contributed by atoms with Crippen LogP contribution in [0.2, 0.25) is 0 Å². The number of aryl methyl sites for hydroxylation is 1. The minimum absolute atomic E-state index is 0.518. The summed E-state index contributed by atoms with van der Waals surface area (Å²) in [5, 5.41) is 3.50. The van der Waals surface area contributed by atoms with Crippen LogP contribution in [0, 0.1) is 5.41 Å². The Kier molecular flexibility index (Phi) is 4.33. The third kappa shape index (κ3) is 3.08. The lowest BCUT2D eigenvalue weighted by molar-refractivity contribution is 0.182. The third-order valence-corrected chi connectivity index (χ3v) is 5.67. The molecule has 0 radical (unpaired) electrons. The van der Waals surface area contributed by atoms with Crippen molar-refractivity contribution in [2.24, 2.45) is 5.41 Å². The summed E-state index contributed by atoms with van der Waals surface area (Å²) < 4.78 is 2.24. The molecule has 4 rings (SSSR count). The van der Waals surface area contributed by atoms with Gasteiger partial charge < -0.3 is 9.88 Å². The van der Waals surface area contributed by atoms with E-state index in [0.717, 1.165) is 38.5 Å². The molecule has 1 saturated carbocycles. The molecule has 2 aromatic heterocycles. The van der Waals surface area contributed by atoms with Crippen molar-refractivity contribution >= 4 is 0 Å². The van der Waals surface area contributed by atoms with Crippen LogP contribution in [0.25, 0.3) is 0 Å². The Bertz CT molecular complexity index is 661. The van der Waals surface area contributed by atoms with Gasteiger partial charge in [0, 0.05) is 49.5 Å². The molecule has 1 saturated heterocycles. The summed E-state index contributed by atoms with van der Waals surface area (Å²) in [5.41, 5.74) is 1.70. The van der Waals surface area contributed by atoms with Crippen LogP contribution in [0.1, 0.15) is 37.6 Å². The molecule has 0 amide bonds. The molecule has 3 heterocycles. The second kappa shape index (κ2) is 6.61. The lowest BCUT2D eigenvalue weighted by Gasteiger charge is -2.29. The summed E-state index contributed by atoms with van der Waals surface area (Å²) in [6, 6.07) is 0.654. The van der Waals surface area contributed by atoms with Crippen LogP contribution in [0.4, 0.5) is 0 Å². The summed E-state index contributed by atoms with van der Waals surface area (Å²) in [6.07, 6.45) is 13.4. The standard InChI is InChI=1S/C18H26N6/c1-2-23-8-7-22-17(23)13-24(12-15-10-20-14-21-11-15)16-9-18(16)3-5-19-6-4-18/h7-8,10-11,14,16,19H,2-6,9,12-13H2,1H3/t16-/m0/s1. The first kappa shape index (κ1) is 15.7. The van der Waals surface area contributed by atoms with E-state index in [1.165, 1.54) is 24.8 Å². The van der Waals surface area contributed by atoms with Crippen molar-refractivity contribution in [1.82, 2.24) is 29.7 Å². The predicted molar refractivity (Wildman–Crippen MR) is 92.1 cm³/mol. The van der Waals surface area contributed by atoms with E-state index >= 15 is 0 Å². The van der Waals surface area contributed by atoms with Crippen LogP contribution >= 0.6 is 0 Å². The van der Waals surface area contributed by atoms with E-state index in [0.29, 0.717) is 11.5 Å². The molecule has 128 valence electrons. The minimum Gasteiger partial charge on any atom is -0.334 e. The van der Waals surface area contributed by atoms with E-state index in [9.17, 15) is 0 Å². The van der Waals surface area contributed by atoms with E-state index in [4.69, 9.17) is 0 Å². The average Bonchev–Trinajstić information content (AvgIpc) is 3.11. The second-order valence-corrected chi connectivity index (χ2v) is 7.11. The molecule has 24 heavy (non-hydrogen) atoms. The summed E-state index contributed by atoms with van der Waals surface area (Å²) in [4.78, 5) is 15.6. The van der Waals surface area contributed by atoms with Crippen LogP contribution in [-0.4, -0.2) is 43.6 Å². The first-order valence-corrected chi connectivity index (χ1v) is 8.99. The van der Waals surface area contributed by atoms with Gasteiger partial charge in [-0.3, -0.25) is 4.90 Å². The second-order valence-electron chi connectivity index (χ2n) is 7.11. The van der Waals surface area contributed by atoms with Crippen molar-refractivity contribution in [1.29, 1.82) is 0 Å². The molecule has 2 aliphatic rings. The fourth-order valence-corrected chi connectivity index (χ4v) is 4.19. The molecule has 1 aliphatic heterocycles. The van der Waals surface area contributed by atoms with Crippen LogP contribution < -0.4 is 5.32 Å². The number of nitrogens with one attached hydrogen (secondary N) is 1. The monoisotopic (exact) mass is 326 g/mol. The van der Waals surface area contributed by atoms with Crippen molar-refractivity contribution in [2.45, 2.75) is 51.9 Å². The van der Waals surface area contributed by atoms with E-state index in [1.54, 1.807) is 6.33 Å². The molecule has 2 fully saturated rings. The Morgan fingerprint density at radius 1 is 1.25 bits per heavy atom. The number of aromatic nitrogens is 4. The van der Waals surface area contributed by atoms with Gasteiger partial charge in [0.25, 0.3) is 0 Å². The zero-order valence-corrected chi connectivity index (χ0v) is 14.4. The van der Waals surface area contributed by atoms with Gasteiger partial charge in [0.15, 0.2) is 0 Å². The molecule has 6 nitrogen and oxygen atoms in total. The lowest BCUT2D eigenvalue weighted by Crippen LogP contribution is -2.36. The Morgan fingerprint density at radius 2 is 2.04 bits per heavy atom. The zero-order valence-electron chi connectivity index (χ0n) is 14.4. The van der Waals surface area contributed by atoms with Crippen LogP contribution in [0.15, 0.2) is 31.1 Å². The number of piperidine rings is 1. The van der Waals surface area contributed by atoms with Gasteiger partial charge in [0.2, 0.25) is 0 Å². The molecule has 0 aromatic carbocycles. The van der Waals surface area contributed by atoms with Gasteiger partial charge in [-0.15, -0.1) is 0 Å². The molecule has 6 heteroatoms. The van der Waals surface area contributed by atoms with Crippen molar-refractivity contribution in [3.8, 4) is 0 Å². The topological polar surface area (TPSA) is 58.9 Å². The Labute approximate surface area is 143 Å². The van der Waals surface area contributed by atoms with Gasteiger partial charge in [0.05, 0.1) is 6.54 Å². The normalized spacial score (nSPS) is 22.2. The molecular weight excluding hydrogens is 300 g/mol. The first-order valence-electron chi connectivity index (χ1n) is 8.99. The summed E-state index contributed by atoms with van der Waals surface area (Å²) in [6.45, 7) is 7.25. The van der Waals surface area contributed by atoms with Gasteiger partial charge in [-0.25, -0.2) is 15.0 Å². The maximum absolute atomic E-state index is 4.59. The van der Waals surface area contributed by atoms with Crippen molar-refractivity contribution in [3.63, 3.8) is 0 Å². The highest BCUT2D eigenvalue weighted by atomic mass is 15.2. The van der Waals surface area contributed by atoms with Crippen molar-refractivity contribution < 1.29 is 0 Å². The molecule has 0 unspecified atom stereocenters. The van der Waals surface area contributed by atoms with Gasteiger partial charge in [0.1, 0.15) is 12.2 Å². The largest absolute Gasteiger partial charge is 0.334 e. The summed E-state index contributed by atoms with van der Waals surface area (Å²) in [7, 11) is 0. The molecule has 1 spiro atoms. The molecule has 1 N–H and O–H groups in total. The fraction of sp³-hybridized carbons (Fsp3) is 0.611. The SMILES string of the molecule is CCn1ccnc1CN(Cc1cncnc1)[C@H]1CC12CCNCC2. The highest BCUT2D eigenvalue weighted by molar-refractivity contribution is 5.13. The number of hydrogen-bond donors (Lipinski definition) is 1. The number of imidazole rings is 1. The molecule has 1 aliphatic carbocycles. The Hall–Kier alpha value is -1.79. The minimum atomic E-state index is 0.518. The highest BCUT2D eigenvalue weighted by Crippen LogP contribution is 2.56. The smallest absolute Gasteiger partial charge is 0.122 e. The summed E-state index contributed by atoms with van der Waals surface area (Å²) in [5.74, 6) is 1.16. The highest BCUT2D eigenvalue weighted by Gasteiger charge is 2.56. The van der Waals surface area contributed by atoms with E-state index in [-0.39, 0.29) is 0 Å². The van der Waals surface area contributed by atoms with Gasteiger partial charge >= 0.3 is 0 Å². The number of rotatable bonds is 6. The molecule has 1 atom stereocenters. The maximum atomic E-state index is 4.59. The van der Waals surface area contributed by atoms with Crippen molar-refractivity contribution in [3.05, 3.63) is 42.5 Å². The number of hydrogen-bond acceptors (Lipinski definition) is 5. The first-order chi connectivity index (χ1) is 11.8. The molecule has 0 bridgehead atoms. The molecule has 2 aromatic rings. The van der Waals surface area contributed by atoms with Gasteiger partial charge in [-0.1, -0.05) is 0 Å². The van der Waals surface area contributed by atoms with E-state index in [2.05, 4.69) is 42.9 Å². The maximum Gasteiger partial charge on any atom is 0.122 e. The van der Waals surface area contributed by atoms with Gasteiger partial charge in [-0.05, 0) is 44.7 Å². The van der Waals surface area contributed by atoms with Crippen molar-refractivity contribution in [2.75, 3.05) is 13.1 Å². The van der Waals surface area contributed by atoms with Crippen LogP contribution in [0.3, 0.4) is 0 Å². The quantitative estimate of drug-likeness (QED) is 0.878.